The molecule has 4 rings (SSSR count). The number of aliphatic hydroxyl groups excluding tert-OH is 1. The molecule has 0 aromatic rings. The summed E-state index contributed by atoms with van der Waals surface area (Å²) < 4.78 is 0. The van der Waals surface area contributed by atoms with Gasteiger partial charge < -0.3 is 5.11 Å². The SMILES string of the molecule is CC(=O)[C@H]1CC[C@H]2[C@@H]3CC(CO)C4CC(=O)CC[C@]4(C)[C@H]3CC[C@]12C. The minimum Gasteiger partial charge on any atom is -0.396 e. The van der Waals surface area contributed by atoms with Crippen LogP contribution in [0.25, 0.3) is 0 Å². The third kappa shape index (κ3) is 2.40. The number of fused-ring (bicyclic) bond motifs is 5. The molecule has 0 aromatic carbocycles. The fourth-order valence-electron chi connectivity index (χ4n) is 8.16. The first-order valence-electron chi connectivity index (χ1n) is 10.4. The summed E-state index contributed by atoms with van der Waals surface area (Å²) in [4.78, 5) is 24.4. The molecule has 0 bridgehead atoms. The fraction of sp³-hybridized carbons (Fsp3) is 0.909. The van der Waals surface area contributed by atoms with Crippen LogP contribution in [-0.4, -0.2) is 23.3 Å². The average Bonchev–Trinajstić information content (AvgIpc) is 2.92. The zero-order chi connectivity index (χ0) is 18.0. The van der Waals surface area contributed by atoms with Crippen molar-refractivity contribution in [1.29, 1.82) is 0 Å². The van der Waals surface area contributed by atoms with Crippen LogP contribution in [0.3, 0.4) is 0 Å². The lowest BCUT2D eigenvalue weighted by molar-refractivity contribution is -0.157. The summed E-state index contributed by atoms with van der Waals surface area (Å²) >= 11 is 0. The molecule has 8 atom stereocenters. The number of carbonyl (C=O) groups excluding carboxylic acids is 2. The van der Waals surface area contributed by atoms with Crippen LogP contribution in [-0.2, 0) is 9.59 Å². The lowest BCUT2D eigenvalue weighted by atomic mass is 9.42. The minimum absolute atomic E-state index is 0.167. The number of rotatable bonds is 2. The van der Waals surface area contributed by atoms with Crippen molar-refractivity contribution < 1.29 is 14.7 Å². The Hall–Kier alpha value is -0.700. The smallest absolute Gasteiger partial charge is 0.133 e. The first-order valence-corrected chi connectivity index (χ1v) is 10.4. The van der Waals surface area contributed by atoms with Crippen molar-refractivity contribution in [2.45, 2.75) is 72.1 Å². The Morgan fingerprint density at radius 1 is 1.08 bits per heavy atom. The van der Waals surface area contributed by atoms with Gasteiger partial charge in [0.15, 0.2) is 0 Å². The molecule has 4 saturated carbocycles. The molecule has 1 N–H and O–H groups in total. The Morgan fingerprint density at radius 3 is 2.48 bits per heavy atom. The summed E-state index contributed by atoms with van der Waals surface area (Å²) in [6.07, 6.45) is 8.11. The molecule has 140 valence electrons. The van der Waals surface area contributed by atoms with E-state index in [0.29, 0.717) is 41.7 Å². The Bertz CT molecular complexity index is 584. The Labute approximate surface area is 151 Å². The summed E-state index contributed by atoms with van der Waals surface area (Å²) in [7, 11) is 0. The van der Waals surface area contributed by atoms with Gasteiger partial charge in [0.1, 0.15) is 11.6 Å². The van der Waals surface area contributed by atoms with Gasteiger partial charge in [-0.05, 0) is 85.9 Å². The maximum atomic E-state index is 12.2. The van der Waals surface area contributed by atoms with Gasteiger partial charge in [0.2, 0.25) is 0 Å². The normalized spacial score (nSPS) is 52.2. The van der Waals surface area contributed by atoms with Crippen molar-refractivity contribution in [2.24, 2.45) is 46.3 Å². The van der Waals surface area contributed by atoms with Gasteiger partial charge in [-0.2, -0.15) is 0 Å². The number of hydrogen-bond donors (Lipinski definition) is 1. The van der Waals surface area contributed by atoms with E-state index in [-0.39, 0.29) is 29.3 Å². The van der Waals surface area contributed by atoms with Crippen LogP contribution >= 0.6 is 0 Å². The maximum absolute atomic E-state index is 12.2. The highest BCUT2D eigenvalue weighted by Crippen LogP contribution is 2.68. The molecule has 4 aliphatic rings. The quantitative estimate of drug-likeness (QED) is 0.821. The van der Waals surface area contributed by atoms with Gasteiger partial charge in [-0.25, -0.2) is 0 Å². The van der Waals surface area contributed by atoms with Crippen molar-refractivity contribution >= 4 is 11.6 Å². The number of ketones is 2. The van der Waals surface area contributed by atoms with Crippen LogP contribution < -0.4 is 0 Å². The molecule has 0 aliphatic heterocycles. The number of aliphatic hydroxyl groups is 1. The molecule has 0 amide bonds. The van der Waals surface area contributed by atoms with Gasteiger partial charge in [-0.1, -0.05) is 13.8 Å². The summed E-state index contributed by atoms with van der Waals surface area (Å²) in [6, 6.07) is 0. The second kappa shape index (κ2) is 5.90. The van der Waals surface area contributed by atoms with E-state index in [2.05, 4.69) is 13.8 Å². The molecule has 4 fully saturated rings. The van der Waals surface area contributed by atoms with E-state index >= 15 is 0 Å². The van der Waals surface area contributed by atoms with Gasteiger partial charge in [-0.15, -0.1) is 0 Å². The summed E-state index contributed by atoms with van der Waals surface area (Å²) in [6.45, 7) is 6.80. The van der Waals surface area contributed by atoms with Crippen LogP contribution in [0.5, 0.6) is 0 Å². The minimum atomic E-state index is 0.167. The van der Waals surface area contributed by atoms with Crippen LogP contribution in [0, 0.1) is 46.3 Å². The van der Waals surface area contributed by atoms with Crippen LogP contribution in [0.15, 0.2) is 0 Å². The van der Waals surface area contributed by atoms with Crippen LogP contribution in [0.4, 0.5) is 0 Å². The Kier molecular flexibility index (Phi) is 4.18. The molecular formula is C22H34O3. The van der Waals surface area contributed by atoms with Gasteiger partial charge in [-0.3, -0.25) is 9.59 Å². The highest BCUT2D eigenvalue weighted by Gasteiger charge is 2.62. The largest absolute Gasteiger partial charge is 0.396 e. The fourth-order valence-corrected chi connectivity index (χ4v) is 8.16. The summed E-state index contributed by atoms with van der Waals surface area (Å²) in [5.41, 5.74) is 0.376. The summed E-state index contributed by atoms with van der Waals surface area (Å²) in [5, 5.41) is 10.1. The molecular weight excluding hydrogens is 312 g/mol. The first kappa shape index (κ1) is 17.7. The van der Waals surface area contributed by atoms with Crippen molar-refractivity contribution in [1.82, 2.24) is 0 Å². The third-order valence-electron chi connectivity index (χ3n) is 9.39. The van der Waals surface area contributed by atoms with Crippen molar-refractivity contribution in [2.75, 3.05) is 6.61 Å². The zero-order valence-electron chi connectivity index (χ0n) is 16.1. The highest BCUT2D eigenvalue weighted by molar-refractivity contribution is 5.80. The van der Waals surface area contributed by atoms with E-state index in [9.17, 15) is 14.7 Å². The van der Waals surface area contributed by atoms with Crippen molar-refractivity contribution in [3.8, 4) is 0 Å². The van der Waals surface area contributed by atoms with E-state index in [1.165, 1.54) is 19.3 Å². The Morgan fingerprint density at radius 2 is 1.80 bits per heavy atom. The molecule has 0 saturated heterocycles. The topological polar surface area (TPSA) is 54.4 Å². The highest BCUT2D eigenvalue weighted by atomic mass is 16.3. The molecule has 0 heterocycles. The molecule has 0 spiro atoms. The maximum Gasteiger partial charge on any atom is 0.133 e. The molecule has 25 heavy (non-hydrogen) atoms. The zero-order valence-corrected chi connectivity index (χ0v) is 16.1. The van der Waals surface area contributed by atoms with E-state index in [1.807, 2.05) is 0 Å². The predicted molar refractivity (Wildman–Crippen MR) is 96.9 cm³/mol. The second-order valence-corrected chi connectivity index (χ2v) is 10.2. The van der Waals surface area contributed by atoms with Gasteiger partial charge in [0, 0.05) is 25.4 Å². The first-order chi connectivity index (χ1) is 11.8. The molecule has 2 unspecified atom stereocenters. The van der Waals surface area contributed by atoms with E-state index in [1.54, 1.807) is 6.92 Å². The molecule has 3 nitrogen and oxygen atoms in total. The third-order valence-corrected chi connectivity index (χ3v) is 9.39. The van der Waals surface area contributed by atoms with Crippen molar-refractivity contribution in [3.05, 3.63) is 0 Å². The molecule has 4 aliphatic carbocycles. The molecule has 0 radical (unpaired) electrons. The predicted octanol–water partition coefficient (Wildman–Crippen LogP) is 4.02. The molecule has 0 aromatic heterocycles. The number of hydrogen-bond acceptors (Lipinski definition) is 3. The summed E-state index contributed by atoms with van der Waals surface area (Å²) in [5.74, 6) is 3.60. The van der Waals surface area contributed by atoms with Gasteiger partial charge in [0.25, 0.3) is 0 Å². The lowest BCUT2D eigenvalue weighted by Crippen LogP contribution is -2.57. The van der Waals surface area contributed by atoms with Crippen LogP contribution in [0.2, 0.25) is 0 Å². The van der Waals surface area contributed by atoms with E-state index < -0.39 is 0 Å². The van der Waals surface area contributed by atoms with E-state index in [4.69, 9.17) is 0 Å². The second-order valence-electron chi connectivity index (χ2n) is 10.2. The van der Waals surface area contributed by atoms with Crippen LogP contribution in [0.1, 0.15) is 72.1 Å². The van der Waals surface area contributed by atoms with Gasteiger partial charge in [0.05, 0.1) is 0 Å². The molecule has 3 heteroatoms. The van der Waals surface area contributed by atoms with E-state index in [0.717, 1.165) is 25.7 Å². The Balaban J connectivity index is 1.68. The average molecular weight is 347 g/mol. The standard InChI is InChI=1S/C22H34O3/c1-13(24)17-4-5-18-16-10-14(12-23)20-11-15(25)6-8-22(20,3)19(16)7-9-21(17,18)2/h14,16-20,23H,4-12H2,1-3H3/t14?,16-,17+,18-,19-,20?,21+,22+/m0/s1. The van der Waals surface area contributed by atoms with Gasteiger partial charge >= 0.3 is 0 Å². The number of Topliss-reactive ketones (excluding diaryl/α,β-unsaturated/α-hetero) is 2. The lowest BCUT2D eigenvalue weighted by Gasteiger charge is -2.62. The monoisotopic (exact) mass is 346 g/mol. The number of carbonyl (C=O) groups is 2. The van der Waals surface area contributed by atoms with Crippen molar-refractivity contribution in [3.63, 3.8) is 0 Å².